The smallest absolute Gasteiger partial charge is 0.405 e. The lowest BCUT2D eigenvalue weighted by molar-refractivity contribution is -0.146. The average molecular weight is 562 g/mol. The molecule has 2 fully saturated rings. The molecule has 5 N–H and O–H groups in total. The first kappa shape index (κ1) is 28.6. The maximum Gasteiger partial charge on any atom is 0.405 e. The van der Waals surface area contributed by atoms with Crippen LogP contribution in [0.3, 0.4) is 0 Å². The third-order valence-corrected chi connectivity index (χ3v) is 8.36. The van der Waals surface area contributed by atoms with Crippen molar-refractivity contribution < 1.29 is 32.3 Å². The highest BCUT2D eigenvalue weighted by Crippen LogP contribution is 2.45. The molecular formula is C26H35N5O7S. The van der Waals surface area contributed by atoms with Crippen LogP contribution in [0.4, 0.5) is 4.79 Å². The van der Waals surface area contributed by atoms with Gasteiger partial charge in [-0.3, -0.25) is 14.4 Å². The zero-order chi connectivity index (χ0) is 28.0. The van der Waals surface area contributed by atoms with Gasteiger partial charge in [0, 0.05) is 19.0 Å². The number of hydrogen-bond donors (Lipinski definition) is 4. The molecule has 0 radical (unpaired) electrons. The molecule has 2 heterocycles. The molecule has 0 bridgehead atoms. The molecular weight excluding hydrogens is 526 g/mol. The standard InChI is InChI=1S/C26H35N5O7S/c27-25(35)38-21-14-8-3-1-2-7-12-19-16-26(19,29-22(32)20-13-9-15-31(20)23(21)33)24(34)30-39(36,37)28-17-18-10-5-4-6-11-18/h4-7,10-12,19-21,28H,1-3,8-9,13-17H2,(H2,27,35)(H,29,32)(H,30,34)/b12-7+. The fourth-order valence-corrected chi connectivity index (χ4v) is 6.05. The van der Waals surface area contributed by atoms with Gasteiger partial charge in [-0.05, 0) is 50.5 Å². The second-order valence-electron chi connectivity index (χ2n) is 10.2. The molecule has 4 unspecified atom stereocenters. The van der Waals surface area contributed by atoms with Gasteiger partial charge in [-0.1, -0.05) is 48.9 Å². The van der Waals surface area contributed by atoms with Crippen LogP contribution in [0.5, 0.6) is 0 Å². The Balaban J connectivity index is 1.51. The number of hydrogen-bond acceptors (Lipinski definition) is 7. The normalized spacial score (nSPS) is 28.6. The van der Waals surface area contributed by atoms with E-state index < -0.39 is 57.6 Å². The Morgan fingerprint density at radius 1 is 1.10 bits per heavy atom. The van der Waals surface area contributed by atoms with Gasteiger partial charge in [0.2, 0.25) is 5.91 Å². The van der Waals surface area contributed by atoms with Gasteiger partial charge in [-0.15, -0.1) is 0 Å². The molecule has 2 aliphatic heterocycles. The van der Waals surface area contributed by atoms with Gasteiger partial charge in [-0.2, -0.15) is 13.1 Å². The molecule has 0 spiro atoms. The largest absolute Gasteiger partial charge is 0.436 e. The summed E-state index contributed by atoms with van der Waals surface area (Å²) in [5, 5.41) is 2.76. The van der Waals surface area contributed by atoms with E-state index in [2.05, 4.69) is 14.8 Å². The fraction of sp³-hybridized carbons (Fsp3) is 0.538. The first-order valence-corrected chi connectivity index (χ1v) is 14.7. The van der Waals surface area contributed by atoms with Crippen LogP contribution in [0, 0.1) is 5.92 Å². The van der Waals surface area contributed by atoms with E-state index in [-0.39, 0.29) is 19.5 Å². The average Bonchev–Trinajstić information content (AvgIpc) is 3.36. The van der Waals surface area contributed by atoms with Crippen LogP contribution in [0.15, 0.2) is 42.5 Å². The Kier molecular flexibility index (Phi) is 8.90. The lowest BCUT2D eigenvalue weighted by Gasteiger charge is -2.29. The number of nitrogens with zero attached hydrogens (tertiary/aromatic N) is 1. The van der Waals surface area contributed by atoms with E-state index in [0.29, 0.717) is 37.7 Å². The second-order valence-corrected chi connectivity index (χ2v) is 11.7. The van der Waals surface area contributed by atoms with Crippen LogP contribution in [-0.4, -0.2) is 61.4 Å². The van der Waals surface area contributed by atoms with Gasteiger partial charge in [0.05, 0.1) is 0 Å². The molecule has 4 rings (SSSR count). The Labute approximate surface area is 227 Å². The number of carbonyl (C=O) groups is 4. The van der Waals surface area contributed by atoms with Crippen LogP contribution in [0.1, 0.15) is 56.9 Å². The summed E-state index contributed by atoms with van der Waals surface area (Å²) in [6.07, 6.45) is 5.92. The molecule has 0 aromatic heterocycles. The lowest BCUT2D eigenvalue weighted by atomic mass is 10.1. The summed E-state index contributed by atoms with van der Waals surface area (Å²) in [4.78, 5) is 52.8. The van der Waals surface area contributed by atoms with E-state index in [1.807, 2.05) is 12.2 Å². The van der Waals surface area contributed by atoms with Crippen molar-refractivity contribution in [2.24, 2.45) is 11.7 Å². The Hall–Kier alpha value is -3.45. The predicted octanol–water partition coefficient (Wildman–Crippen LogP) is 0.987. The van der Waals surface area contributed by atoms with E-state index in [1.54, 1.807) is 30.3 Å². The van der Waals surface area contributed by atoms with Crippen molar-refractivity contribution in [2.45, 2.75) is 75.6 Å². The van der Waals surface area contributed by atoms with Crippen LogP contribution in [-0.2, 0) is 35.9 Å². The highest BCUT2D eigenvalue weighted by molar-refractivity contribution is 7.88. The number of carbonyl (C=O) groups excluding carboxylic acids is 4. The maximum absolute atomic E-state index is 13.4. The van der Waals surface area contributed by atoms with Crippen molar-refractivity contribution in [3.05, 3.63) is 48.0 Å². The monoisotopic (exact) mass is 561 g/mol. The van der Waals surface area contributed by atoms with E-state index >= 15 is 0 Å². The van der Waals surface area contributed by atoms with Gasteiger partial charge >= 0.3 is 16.3 Å². The minimum Gasteiger partial charge on any atom is -0.436 e. The number of fused-ring (bicyclic) bond motifs is 2. The molecule has 3 aliphatic rings. The van der Waals surface area contributed by atoms with Crippen molar-refractivity contribution in [3.8, 4) is 0 Å². The molecule has 1 saturated carbocycles. The first-order chi connectivity index (χ1) is 18.6. The first-order valence-electron chi connectivity index (χ1n) is 13.2. The molecule has 1 aromatic rings. The molecule has 1 aromatic carbocycles. The minimum absolute atomic E-state index is 0.0141. The van der Waals surface area contributed by atoms with Crippen molar-refractivity contribution in [1.82, 2.24) is 19.7 Å². The summed E-state index contributed by atoms with van der Waals surface area (Å²) in [6, 6.07) is 7.96. The highest BCUT2D eigenvalue weighted by Gasteiger charge is 2.61. The van der Waals surface area contributed by atoms with Crippen LogP contribution in [0.2, 0.25) is 0 Å². The van der Waals surface area contributed by atoms with Crippen molar-refractivity contribution in [2.75, 3.05) is 6.54 Å². The number of amides is 4. The zero-order valence-corrected chi connectivity index (χ0v) is 22.5. The highest BCUT2D eigenvalue weighted by atomic mass is 32.2. The zero-order valence-electron chi connectivity index (χ0n) is 21.6. The topological polar surface area (TPSA) is 177 Å². The quantitative estimate of drug-likeness (QED) is 0.374. The predicted molar refractivity (Wildman–Crippen MR) is 141 cm³/mol. The molecule has 4 amide bonds. The van der Waals surface area contributed by atoms with E-state index in [4.69, 9.17) is 10.5 Å². The Bertz CT molecular complexity index is 1220. The number of ether oxygens (including phenoxy) is 1. The lowest BCUT2D eigenvalue weighted by Crippen LogP contribution is -2.58. The molecule has 1 saturated heterocycles. The number of benzene rings is 1. The number of allylic oxidation sites excluding steroid dienone is 1. The van der Waals surface area contributed by atoms with Gasteiger partial charge in [-0.25, -0.2) is 9.52 Å². The number of nitrogens with two attached hydrogens (primary N) is 1. The van der Waals surface area contributed by atoms with Gasteiger partial charge < -0.3 is 20.7 Å². The van der Waals surface area contributed by atoms with Crippen LogP contribution < -0.4 is 20.5 Å². The molecule has 212 valence electrons. The number of nitrogens with one attached hydrogen (secondary N) is 3. The number of rotatable bonds is 6. The summed E-state index contributed by atoms with van der Waals surface area (Å²) < 4.78 is 34.8. The van der Waals surface area contributed by atoms with E-state index in [0.717, 1.165) is 12.8 Å². The van der Waals surface area contributed by atoms with Gasteiger partial charge in [0.25, 0.3) is 11.8 Å². The third-order valence-electron chi connectivity index (χ3n) is 7.38. The van der Waals surface area contributed by atoms with Crippen LogP contribution in [0.25, 0.3) is 0 Å². The number of primary amides is 1. The minimum atomic E-state index is -4.22. The molecule has 1 aliphatic carbocycles. The SMILES string of the molecule is NC(=O)OC1CCCCC/C=C/C2CC2(C(=O)NS(=O)(=O)NCc2ccccc2)NC(=O)C2CCCN2C1=O. The summed E-state index contributed by atoms with van der Waals surface area (Å²) in [5.74, 6) is -2.30. The van der Waals surface area contributed by atoms with Crippen LogP contribution >= 0.6 is 0 Å². The molecule has 39 heavy (non-hydrogen) atoms. The van der Waals surface area contributed by atoms with Crippen molar-refractivity contribution in [3.63, 3.8) is 0 Å². The summed E-state index contributed by atoms with van der Waals surface area (Å²) in [5.41, 5.74) is 4.45. The Morgan fingerprint density at radius 2 is 1.87 bits per heavy atom. The molecule has 12 nitrogen and oxygen atoms in total. The van der Waals surface area contributed by atoms with Crippen molar-refractivity contribution in [1.29, 1.82) is 0 Å². The van der Waals surface area contributed by atoms with E-state index in [1.165, 1.54) is 4.90 Å². The van der Waals surface area contributed by atoms with Gasteiger partial charge in [0.15, 0.2) is 6.10 Å². The molecule has 4 atom stereocenters. The Morgan fingerprint density at radius 3 is 2.62 bits per heavy atom. The molecule has 13 heteroatoms. The van der Waals surface area contributed by atoms with E-state index in [9.17, 15) is 27.6 Å². The third kappa shape index (κ3) is 7.15. The summed E-state index contributed by atoms with van der Waals surface area (Å²) in [7, 11) is -4.22. The fourth-order valence-electron chi connectivity index (χ4n) is 5.20. The summed E-state index contributed by atoms with van der Waals surface area (Å²) >= 11 is 0. The maximum atomic E-state index is 13.4. The second kappa shape index (κ2) is 12.2. The summed E-state index contributed by atoms with van der Waals surface area (Å²) in [6.45, 7) is 0.273. The van der Waals surface area contributed by atoms with Gasteiger partial charge in [0.1, 0.15) is 11.6 Å². The van der Waals surface area contributed by atoms with Crippen molar-refractivity contribution >= 4 is 34.0 Å².